The number of rotatable bonds is 3. The largest absolute Gasteiger partial charge is 0.478 e. The minimum Gasteiger partial charge on any atom is -0.478 e. The molecule has 18 heavy (non-hydrogen) atoms. The SMILES string of the molecule is O=C(Nc1cccc(F)c1C(=O)O)c1ccoc1. The summed E-state index contributed by atoms with van der Waals surface area (Å²) in [6.45, 7) is 0. The normalized spacial score (nSPS) is 10.1. The van der Waals surface area contributed by atoms with Crippen molar-refractivity contribution in [1.29, 1.82) is 0 Å². The molecular weight excluding hydrogens is 241 g/mol. The molecular formula is C12H8FNO4. The van der Waals surface area contributed by atoms with Gasteiger partial charge in [0.25, 0.3) is 5.91 Å². The molecule has 1 heterocycles. The van der Waals surface area contributed by atoms with E-state index in [4.69, 9.17) is 9.52 Å². The highest BCUT2D eigenvalue weighted by molar-refractivity contribution is 6.07. The van der Waals surface area contributed by atoms with Crippen molar-refractivity contribution in [3.8, 4) is 0 Å². The molecule has 0 bridgehead atoms. The third kappa shape index (κ3) is 2.22. The van der Waals surface area contributed by atoms with Crippen LogP contribution in [0.5, 0.6) is 0 Å². The van der Waals surface area contributed by atoms with Gasteiger partial charge in [-0.15, -0.1) is 0 Å². The number of amides is 1. The summed E-state index contributed by atoms with van der Waals surface area (Å²) < 4.78 is 18.1. The van der Waals surface area contributed by atoms with E-state index in [1.54, 1.807) is 0 Å². The molecule has 0 saturated carbocycles. The first kappa shape index (κ1) is 11.8. The molecule has 5 nitrogen and oxygen atoms in total. The molecule has 0 unspecified atom stereocenters. The van der Waals surface area contributed by atoms with Crippen molar-refractivity contribution >= 4 is 17.6 Å². The Morgan fingerprint density at radius 1 is 1.28 bits per heavy atom. The summed E-state index contributed by atoms with van der Waals surface area (Å²) in [5.41, 5.74) is -0.460. The van der Waals surface area contributed by atoms with Crippen molar-refractivity contribution in [3.05, 3.63) is 53.7 Å². The Labute approximate surface area is 101 Å². The monoisotopic (exact) mass is 249 g/mol. The summed E-state index contributed by atoms with van der Waals surface area (Å²) >= 11 is 0. The van der Waals surface area contributed by atoms with Crippen LogP contribution in [0, 0.1) is 5.82 Å². The summed E-state index contributed by atoms with van der Waals surface area (Å²) in [5, 5.41) is 11.2. The number of carboxylic acids is 1. The predicted octanol–water partition coefficient (Wildman–Crippen LogP) is 2.37. The first-order valence-corrected chi connectivity index (χ1v) is 4.95. The minimum atomic E-state index is -1.45. The molecule has 0 aliphatic heterocycles. The third-order valence-corrected chi connectivity index (χ3v) is 2.26. The molecule has 0 fully saturated rings. The van der Waals surface area contributed by atoms with E-state index < -0.39 is 23.3 Å². The van der Waals surface area contributed by atoms with Crippen LogP contribution in [0.25, 0.3) is 0 Å². The van der Waals surface area contributed by atoms with Crippen LogP contribution < -0.4 is 5.32 Å². The molecule has 0 aliphatic carbocycles. The number of furan rings is 1. The summed E-state index contributed by atoms with van der Waals surface area (Å²) in [4.78, 5) is 22.6. The first-order chi connectivity index (χ1) is 8.59. The van der Waals surface area contributed by atoms with Crippen LogP contribution in [0.15, 0.2) is 41.2 Å². The number of nitrogens with one attached hydrogen (secondary N) is 1. The predicted molar refractivity (Wildman–Crippen MR) is 60.0 cm³/mol. The lowest BCUT2D eigenvalue weighted by molar-refractivity contribution is 0.0693. The van der Waals surface area contributed by atoms with Gasteiger partial charge in [-0.2, -0.15) is 0 Å². The Bertz CT molecular complexity index is 592. The zero-order valence-corrected chi connectivity index (χ0v) is 9.01. The highest BCUT2D eigenvalue weighted by Crippen LogP contribution is 2.19. The van der Waals surface area contributed by atoms with Crippen LogP contribution >= 0.6 is 0 Å². The molecule has 1 amide bonds. The average Bonchev–Trinajstić information content (AvgIpc) is 2.81. The Hall–Kier alpha value is -2.63. The van der Waals surface area contributed by atoms with Gasteiger partial charge in [0.1, 0.15) is 17.6 Å². The van der Waals surface area contributed by atoms with E-state index >= 15 is 0 Å². The molecule has 0 aliphatic rings. The molecule has 92 valence electrons. The summed E-state index contributed by atoms with van der Waals surface area (Å²) in [5.74, 6) is -2.93. The minimum absolute atomic E-state index is 0.103. The van der Waals surface area contributed by atoms with E-state index in [2.05, 4.69) is 5.32 Å². The van der Waals surface area contributed by atoms with E-state index in [0.717, 1.165) is 6.07 Å². The number of benzene rings is 1. The van der Waals surface area contributed by atoms with Crippen molar-refractivity contribution in [1.82, 2.24) is 0 Å². The standard InChI is InChI=1S/C12H8FNO4/c13-8-2-1-3-9(10(8)12(16)17)14-11(15)7-4-5-18-6-7/h1-6H,(H,14,15)(H,16,17). The van der Waals surface area contributed by atoms with E-state index in [1.807, 2.05) is 0 Å². The van der Waals surface area contributed by atoms with Crippen LogP contribution in [-0.2, 0) is 0 Å². The number of aromatic carboxylic acids is 1. The fourth-order valence-corrected chi connectivity index (χ4v) is 1.43. The van der Waals surface area contributed by atoms with Gasteiger partial charge in [0.15, 0.2) is 0 Å². The van der Waals surface area contributed by atoms with Crippen LogP contribution in [0.3, 0.4) is 0 Å². The Morgan fingerprint density at radius 2 is 2.06 bits per heavy atom. The summed E-state index contributed by atoms with van der Waals surface area (Å²) in [6, 6.07) is 5.04. The molecule has 2 N–H and O–H groups in total. The lowest BCUT2D eigenvalue weighted by Gasteiger charge is -2.07. The molecule has 1 aromatic heterocycles. The lowest BCUT2D eigenvalue weighted by atomic mass is 10.1. The van der Waals surface area contributed by atoms with Gasteiger partial charge < -0.3 is 14.8 Å². The summed E-state index contributed by atoms with van der Waals surface area (Å²) in [7, 11) is 0. The van der Waals surface area contributed by atoms with E-state index in [-0.39, 0.29) is 11.3 Å². The van der Waals surface area contributed by atoms with Gasteiger partial charge in [-0.25, -0.2) is 9.18 Å². The van der Waals surface area contributed by atoms with Crippen LogP contribution in [-0.4, -0.2) is 17.0 Å². The molecule has 0 spiro atoms. The smallest absolute Gasteiger partial charge is 0.340 e. The highest BCUT2D eigenvalue weighted by atomic mass is 19.1. The van der Waals surface area contributed by atoms with Crippen molar-refractivity contribution in [2.45, 2.75) is 0 Å². The fraction of sp³-hybridized carbons (Fsp3) is 0. The number of anilines is 1. The molecule has 1 aromatic carbocycles. The maximum Gasteiger partial charge on any atom is 0.340 e. The van der Waals surface area contributed by atoms with Gasteiger partial charge in [0.2, 0.25) is 0 Å². The van der Waals surface area contributed by atoms with Crippen LogP contribution in [0.4, 0.5) is 10.1 Å². The van der Waals surface area contributed by atoms with Gasteiger partial charge in [-0.05, 0) is 18.2 Å². The second kappa shape index (κ2) is 4.70. The van der Waals surface area contributed by atoms with Gasteiger partial charge in [-0.1, -0.05) is 6.07 Å². The van der Waals surface area contributed by atoms with E-state index in [1.165, 1.54) is 30.7 Å². The second-order valence-electron chi connectivity index (χ2n) is 3.43. The number of hydrogen-bond acceptors (Lipinski definition) is 3. The van der Waals surface area contributed by atoms with Crippen molar-refractivity contribution in [2.75, 3.05) is 5.32 Å². The van der Waals surface area contributed by atoms with Gasteiger partial charge >= 0.3 is 5.97 Å². The molecule has 0 radical (unpaired) electrons. The Kier molecular flexibility index (Phi) is 3.09. The number of hydrogen-bond donors (Lipinski definition) is 2. The van der Waals surface area contributed by atoms with Gasteiger partial charge in [-0.3, -0.25) is 4.79 Å². The highest BCUT2D eigenvalue weighted by Gasteiger charge is 2.18. The third-order valence-electron chi connectivity index (χ3n) is 2.26. The number of carbonyl (C=O) groups is 2. The molecule has 0 atom stereocenters. The fourth-order valence-electron chi connectivity index (χ4n) is 1.43. The maximum atomic E-state index is 13.3. The molecule has 2 aromatic rings. The van der Waals surface area contributed by atoms with Gasteiger partial charge in [0.05, 0.1) is 17.5 Å². The lowest BCUT2D eigenvalue weighted by Crippen LogP contribution is -2.15. The topological polar surface area (TPSA) is 79.5 Å². The second-order valence-corrected chi connectivity index (χ2v) is 3.43. The van der Waals surface area contributed by atoms with E-state index in [9.17, 15) is 14.0 Å². The average molecular weight is 249 g/mol. The number of halogens is 1. The Morgan fingerprint density at radius 3 is 2.67 bits per heavy atom. The zero-order chi connectivity index (χ0) is 13.1. The first-order valence-electron chi connectivity index (χ1n) is 4.95. The quantitative estimate of drug-likeness (QED) is 0.875. The van der Waals surface area contributed by atoms with Crippen LogP contribution in [0.1, 0.15) is 20.7 Å². The van der Waals surface area contributed by atoms with Crippen molar-refractivity contribution in [3.63, 3.8) is 0 Å². The van der Waals surface area contributed by atoms with Crippen molar-refractivity contribution < 1.29 is 23.5 Å². The maximum absolute atomic E-state index is 13.3. The zero-order valence-electron chi connectivity index (χ0n) is 9.01. The number of carboxylic acid groups (broad SMARTS) is 1. The van der Waals surface area contributed by atoms with Crippen LogP contribution in [0.2, 0.25) is 0 Å². The summed E-state index contributed by atoms with van der Waals surface area (Å²) in [6.07, 6.45) is 2.51. The number of carbonyl (C=O) groups excluding carboxylic acids is 1. The molecule has 0 saturated heterocycles. The molecule has 6 heteroatoms. The molecule has 2 rings (SSSR count). The van der Waals surface area contributed by atoms with E-state index in [0.29, 0.717) is 0 Å². The van der Waals surface area contributed by atoms with Crippen molar-refractivity contribution in [2.24, 2.45) is 0 Å². The van der Waals surface area contributed by atoms with Gasteiger partial charge in [0, 0.05) is 0 Å². The Balaban J connectivity index is 2.32.